The Bertz CT molecular complexity index is 1050. The lowest BCUT2D eigenvalue weighted by Crippen LogP contribution is -2.19. The highest BCUT2D eigenvalue weighted by Crippen LogP contribution is 2.32. The van der Waals surface area contributed by atoms with Crippen molar-refractivity contribution in [2.75, 3.05) is 6.54 Å². The summed E-state index contributed by atoms with van der Waals surface area (Å²) in [6.07, 6.45) is 9.74. The number of hydrogen-bond donors (Lipinski definition) is 3. The molecule has 1 saturated carbocycles. The fraction of sp³-hybridized carbons (Fsp3) is 0.478. The molecule has 3 heterocycles. The van der Waals surface area contributed by atoms with Gasteiger partial charge in [0.2, 0.25) is 0 Å². The lowest BCUT2D eigenvalue weighted by Gasteiger charge is -2.26. The fourth-order valence-corrected chi connectivity index (χ4v) is 4.41. The van der Waals surface area contributed by atoms with Crippen LogP contribution in [0.25, 0.3) is 5.65 Å². The molecule has 9 nitrogen and oxygen atoms in total. The van der Waals surface area contributed by atoms with E-state index >= 15 is 0 Å². The number of rotatable bonds is 6. The molecule has 1 fully saturated rings. The van der Waals surface area contributed by atoms with E-state index in [2.05, 4.69) is 44.4 Å². The quantitative estimate of drug-likeness (QED) is 0.397. The second kappa shape index (κ2) is 10.9. The summed E-state index contributed by atoms with van der Waals surface area (Å²) >= 11 is 0. The number of aromatic nitrogens is 4. The number of nitrogens with zero attached hydrogens (tertiary/aromatic N) is 4. The first-order valence-electron chi connectivity index (χ1n) is 11.0. The third-order valence-electron chi connectivity index (χ3n) is 5.94. The van der Waals surface area contributed by atoms with Gasteiger partial charge >= 0.3 is 11.9 Å². The molecule has 3 aromatic rings. The molecule has 172 valence electrons. The Kier molecular flexibility index (Phi) is 7.99. The molecule has 0 radical (unpaired) electrons. The lowest BCUT2D eigenvalue weighted by molar-refractivity contribution is -0.159. The molecule has 32 heavy (non-hydrogen) atoms. The Morgan fingerprint density at radius 1 is 1.09 bits per heavy atom. The minimum absolute atomic E-state index is 0.708. The van der Waals surface area contributed by atoms with Crippen LogP contribution >= 0.6 is 0 Å². The van der Waals surface area contributed by atoms with Crippen LogP contribution in [0.2, 0.25) is 0 Å². The maximum absolute atomic E-state index is 9.10. The van der Waals surface area contributed by atoms with E-state index in [1.807, 2.05) is 24.4 Å². The second-order valence-corrected chi connectivity index (χ2v) is 8.14. The Labute approximate surface area is 187 Å². The molecule has 0 bridgehead atoms. The van der Waals surface area contributed by atoms with Gasteiger partial charge in [-0.1, -0.05) is 25.3 Å². The minimum Gasteiger partial charge on any atom is -0.473 e. The molecule has 0 aliphatic heterocycles. The molecular weight excluding hydrogens is 410 g/mol. The summed E-state index contributed by atoms with van der Waals surface area (Å²) in [4.78, 5) is 18.2. The molecule has 0 amide bonds. The number of carboxylic acid groups (broad SMARTS) is 2. The zero-order valence-corrected chi connectivity index (χ0v) is 18.6. The molecular formula is C23H31N5O4. The van der Waals surface area contributed by atoms with E-state index in [9.17, 15) is 0 Å². The number of carboxylic acids is 2. The minimum atomic E-state index is -1.82. The topological polar surface area (TPSA) is 122 Å². The van der Waals surface area contributed by atoms with E-state index in [4.69, 9.17) is 19.8 Å². The van der Waals surface area contributed by atoms with Gasteiger partial charge in [0.15, 0.2) is 5.65 Å². The summed E-state index contributed by atoms with van der Waals surface area (Å²) in [5, 5.41) is 26.9. The van der Waals surface area contributed by atoms with Crippen molar-refractivity contribution in [3.63, 3.8) is 0 Å². The van der Waals surface area contributed by atoms with Crippen LogP contribution in [0.3, 0.4) is 0 Å². The lowest BCUT2D eigenvalue weighted by atomic mass is 9.95. The zero-order valence-electron chi connectivity index (χ0n) is 18.6. The summed E-state index contributed by atoms with van der Waals surface area (Å²) in [5.41, 5.74) is 5.20. The standard InChI is InChI=1S/C21H29N5.C2H2O4/c1-16-14-18(17(2)26(16)19-8-4-3-5-9-19)15-22-12-11-21-24-23-20-10-6-7-13-25(20)21;3-1(4)2(5)6/h6-7,10,13-14,19,22H,3-5,8-9,11-12,15H2,1-2H3;(H,3,4)(H,5,6). The maximum atomic E-state index is 9.10. The van der Waals surface area contributed by atoms with E-state index in [0.717, 1.165) is 31.0 Å². The van der Waals surface area contributed by atoms with Crippen LogP contribution in [0, 0.1) is 13.8 Å². The molecule has 0 aromatic carbocycles. The second-order valence-electron chi connectivity index (χ2n) is 8.14. The van der Waals surface area contributed by atoms with Crippen molar-refractivity contribution in [3.8, 4) is 0 Å². The third-order valence-corrected chi connectivity index (χ3v) is 5.94. The average Bonchev–Trinajstić information content (AvgIpc) is 3.32. The van der Waals surface area contributed by atoms with Crippen molar-refractivity contribution in [1.29, 1.82) is 0 Å². The summed E-state index contributed by atoms with van der Waals surface area (Å²) < 4.78 is 4.65. The zero-order chi connectivity index (χ0) is 23.1. The van der Waals surface area contributed by atoms with Gasteiger partial charge in [-0.05, 0) is 50.5 Å². The van der Waals surface area contributed by atoms with Crippen molar-refractivity contribution in [1.82, 2.24) is 24.5 Å². The van der Waals surface area contributed by atoms with E-state index in [1.165, 1.54) is 49.1 Å². The maximum Gasteiger partial charge on any atom is 0.414 e. The number of fused-ring (bicyclic) bond motifs is 1. The van der Waals surface area contributed by atoms with E-state index in [-0.39, 0.29) is 0 Å². The normalized spacial score (nSPS) is 14.2. The number of pyridine rings is 1. The van der Waals surface area contributed by atoms with Gasteiger partial charge in [0.1, 0.15) is 5.82 Å². The monoisotopic (exact) mass is 441 g/mol. The molecule has 3 N–H and O–H groups in total. The summed E-state index contributed by atoms with van der Waals surface area (Å²) in [6.45, 7) is 6.37. The van der Waals surface area contributed by atoms with Gasteiger partial charge in [0.25, 0.3) is 0 Å². The first-order valence-corrected chi connectivity index (χ1v) is 11.0. The Hall–Kier alpha value is -3.20. The molecule has 0 saturated heterocycles. The summed E-state index contributed by atoms with van der Waals surface area (Å²) in [6, 6.07) is 9.08. The molecule has 9 heteroatoms. The van der Waals surface area contributed by atoms with Gasteiger partial charge in [-0.15, -0.1) is 10.2 Å². The van der Waals surface area contributed by atoms with Gasteiger partial charge < -0.3 is 20.1 Å². The van der Waals surface area contributed by atoms with Gasteiger partial charge in [0, 0.05) is 43.1 Å². The molecule has 1 aliphatic carbocycles. The van der Waals surface area contributed by atoms with E-state index in [1.54, 1.807) is 0 Å². The number of aryl methyl sites for hydroxylation is 1. The van der Waals surface area contributed by atoms with Crippen LogP contribution in [-0.2, 0) is 22.6 Å². The van der Waals surface area contributed by atoms with Crippen LogP contribution in [-0.4, -0.2) is 47.9 Å². The summed E-state index contributed by atoms with van der Waals surface area (Å²) in [5.74, 6) is -2.63. The van der Waals surface area contributed by atoms with Crippen molar-refractivity contribution in [2.24, 2.45) is 0 Å². The van der Waals surface area contributed by atoms with Crippen LogP contribution < -0.4 is 5.32 Å². The smallest absolute Gasteiger partial charge is 0.414 e. The number of aliphatic carboxylic acids is 2. The van der Waals surface area contributed by atoms with Crippen LogP contribution in [0.4, 0.5) is 0 Å². The first-order chi connectivity index (χ1) is 15.4. The SMILES string of the molecule is Cc1cc(CNCCc2nnc3ccccn23)c(C)n1C1CCCCC1.O=C(O)C(=O)O. The van der Waals surface area contributed by atoms with Crippen molar-refractivity contribution < 1.29 is 19.8 Å². The highest BCUT2D eigenvalue weighted by molar-refractivity contribution is 6.27. The fourth-order valence-electron chi connectivity index (χ4n) is 4.41. The van der Waals surface area contributed by atoms with Crippen LogP contribution in [0.15, 0.2) is 30.5 Å². The predicted molar refractivity (Wildman–Crippen MR) is 120 cm³/mol. The van der Waals surface area contributed by atoms with E-state index in [0.29, 0.717) is 6.04 Å². The number of hydrogen-bond acceptors (Lipinski definition) is 5. The van der Waals surface area contributed by atoms with Gasteiger partial charge in [-0.3, -0.25) is 4.40 Å². The van der Waals surface area contributed by atoms with Gasteiger partial charge in [0.05, 0.1) is 0 Å². The van der Waals surface area contributed by atoms with Crippen molar-refractivity contribution >= 4 is 17.6 Å². The largest absolute Gasteiger partial charge is 0.473 e. The first kappa shape index (κ1) is 23.5. The molecule has 1 aliphatic rings. The predicted octanol–water partition coefficient (Wildman–Crippen LogP) is 3.14. The molecule has 4 rings (SSSR count). The Morgan fingerprint density at radius 2 is 1.81 bits per heavy atom. The van der Waals surface area contributed by atoms with Crippen LogP contribution in [0.1, 0.15) is 60.9 Å². The molecule has 0 spiro atoms. The van der Waals surface area contributed by atoms with Crippen molar-refractivity contribution in [2.45, 2.75) is 65.0 Å². The van der Waals surface area contributed by atoms with Crippen LogP contribution in [0.5, 0.6) is 0 Å². The molecule has 3 aromatic heterocycles. The summed E-state index contributed by atoms with van der Waals surface area (Å²) in [7, 11) is 0. The molecule has 0 atom stereocenters. The Balaban J connectivity index is 0.000000427. The van der Waals surface area contributed by atoms with E-state index < -0.39 is 11.9 Å². The number of nitrogens with one attached hydrogen (secondary N) is 1. The third kappa shape index (κ3) is 5.73. The Morgan fingerprint density at radius 3 is 2.50 bits per heavy atom. The van der Waals surface area contributed by atoms with Gasteiger partial charge in [-0.25, -0.2) is 9.59 Å². The number of carbonyl (C=O) groups is 2. The van der Waals surface area contributed by atoms with Gasteiger partial charge in [-0.2, -0.15) is 0 Å². The van der Waals surface area contributed by atoms with Crippen molar-refractivity contribution in [3.05, 3.63) is 53.2 Å². The highest BCUT2D eigenvalue weighted by atomic mass is 16.4. The average molecular weight is 442 g/mol. The molecule has 0 unspecified atom stereocenters. The highest BCUT2D eigenvalue weighted by Gasteiger charge is 2.19.